The van der Waals surface area contributed by atoms with Crippen LogP contribution in [0.3, 0.4) is 0 Å². The van der Waals surface area contributed by atoms with Crippen molar-refractivity contribution in [2.75, 3.05) is 0 Å². The highest BCUT2D eigenvalue weighted by Gasteiger charge is 2.01. The highest BCUT2D eigenvalue weighted by atomic mass is 19.1. The Bertz CT molecular complexity index is 264. The first kappa shape index (κ1) is 12.6. The van der Waals surface area contributed by atoms with Gasteiger partial charge in [0.2, 0.25) is 0 Å². The molecule has 0 aliphatic heterocycles. The summed E-state index contributed by atoms with van der Waals surface area (Å²) in [5.41, 5.74) is 0.748. The minimum atomic E-state index is -0.874. The second-order valence-electron chi connectivity index (χ2n) is 2.86. The number of carboxylic acid groups (broad SMARTS) is 1. The Hall–Kier alpha value is -1.38. The Morgan fingerprint density at radius 2 is 2.14 bits per heavy atom. The molecule has 0 saturated heterocycles. The van der Waals surface area contributed by atoms with Gasteiger partial charge in [-0.15, -0.1) is 6.58 Å². The summed E-state index contributed by atoms with van der Waals surface area (Å²) in [5.74, 6) is -1.21. The van der Waals surface area contributed by atoms with Crippen molar-refractivity contribution in [3.63, 3.8) is 0 Å². The van der Waals surface area contributed by atoms with Crippen LogP contribution in [0.4, 0.5) is 4.39 Å². The number of aliphatic carboxylic acids is 1. The molecule has 0 atom stereocenters. The largest absolute Gasteiger partial charge is 0.481 e. The molecule has 0 saturated carbocycles. The molecule has 0 spiro atoms. The second-order valence-corrected chi connectivity index (χ2v) is 2.86. The predicted molar refractivity (Wildman–Crippen MR) is 54.6 cm³/mol. The molecule has 0 unspecified atom stereocenters. The highest BCUT2D eigenvalue weighted by Crippen LogP contribution is 2.14. The fourth-order valence-corrected chi connectivity index (χ4v) is 0.964. The zero-order valence-electron chi connectivity index (χ0n) is 8.29. The van der Waals surface area contributed by atoms with Gasteiger partial charge in [0.25, 0.3) is 0 Å². The normalized spacial score (nSPS) is 12.7. The van der Waals surface area contributed by atoms with E-state index in [1.165, 1.54) is 12.2 Å². The van der Waals surface area contributed by atoms with Gasteiger partial charge in [-0.2, -0.15) is 0 Å². The molecule has 0 aliphatic rings. The number of rotatable bonds is 6. The average Bonchev–Trinajstić information content (AvgIpc) is 2.14. The van der Waals surface area contributed by atoms with Crippen LogP contribution in [0, 0.1) is 0 Å². The van der Waals surface area contributed by atoms with E-state index < -0.39 is 5.97 Å². The fraction of sp³-hybridized carbons (Fsp3) is 0.364. The summed E-state index contributed by atoms with van der Waals surface area (Å²) in [7, 11) is 0. The van der Waals surface area contributed by atoms with Gasteiger partial charge in [0.05, 0.1) is 0 Å². The Labute approximate surface area is 83.4 Å². The first-order chi connectivity index (χ1) is 6.60. The number of allylic oxidation sites excluding steroid dienone is 5. The topological polar surface area (TPSA) is 37.3 Å². The molecular weight excluding hydrogens is 183 g/mol. The second kappa shape index (κ2) is 7.06. The van der Waals surface area contributed by atoms with Crippen molar-refractivity contribution >= 4 is 5.97 Å². The van der Waals surface area contributed by atoms with Gasteiger partial charge in [-0.25, -0.2) is 4.39 Å². The van der Waals surface area contributed by atoms with Crippen LogP contribution >= 0.6 is 0 Å². The number of carbonyl (C=O) groups is 1. The maximum Gasteiger partial charge on any atom is 0.303 e. The molecule has 78 valence electrons. The number of carboxylic acids is 1. The van der Waals surface area contributed by atoms with Crippen molar-refractivity contribution in [3.8, 4) is 0 Å². The number of hydrogen-bond donors (Lipinski definition) is 1. The molecule has 0 bridgehead atoms. The lowest BCUT2D eigenvalue weighted by Crippen LogP contribution is -1.95. The smallest absolute Gasteiger partial charge is 0.303 e. The van der Waals surface area contributed by atoms with E-state index in [4.69, 9.17) is 5.11 Å². The molecule has 0 aliphatic carbocycles. The van der Waals surface area contributed by atoms with Crippen LogP contribution in [-0.2, 0) is 4.79 Å². The maximum absolute atomic E-state index is 12.8. The maximum atomic E-state index is 12.8. The molecular formula is C11H15FO2. The molecule has 3 heteroatoms. The molecule has 0 aromatic heterocycles. The molecule has 0 aromatic rings. The van der Waals surface area contributed by atoms with Gasteiger partial charge in [-0.3, -0.25) is 4.79 Å². The number of halogens is 1. The van der Waals surface area contributed by atoms with E-state index in [1.807, 2.05) is 0 Å². The zero-order valence-corrected chi connectivity index (χ0v) is 8.29. The lowest BCUT2D eigenvalue weighted by molar-refractivity contribution is -0.136. The summed E-state index contributed by atoms with van der Waals surface area (Å²) in [6.45, 7) is 5.12. The third kappa shape index (κ3) is 6.17. The quantitative estimate of drug-likeness (QED) is 0.525. The summed E-state index contributed by atoms with van der Waals surface area (Å²) in [4.78, 5) is 10.3. The van der Waals surface area contributed by atoms with Crippen LogP contribution in [-0.4, -0.2) is 11.1 Å². The zero-order chi connectivity index (χ0) is 11.0. The van der Waals surface area contributed by atoms with E-state index in [-0.39, 0.29) is 12.2 Å². The first-order valence-corrected chi connectivity index (χ1v) is 4.44. The van der Waals surface area contributed by atoms with Crippen molar-refractivity contribution in [2.45, 2.75) is 26.2 Å². The van der Waals surface area contributed by atoms with Crippen LogP contribution < -0.4 is 0 Å². The molecule has 0 fully saturated rings. The first-order valence-electron chi connectivity index (χ1n) is 4.44. The van der Waals surface area contributed by atoms with E-state index in [0.717, 1.165) is 5.57 Å². The fourth-order valence-electron chi connectivity index (χ4n) is 0.964. The summed E-state index contributed by atoms with van der Waals surface area (Å²) in [6, 6.07) is 0. The van der Waals surface area contributed by atoms with Crippen LogP contribution in [0.5, 0.6) is 0 Å². The summed E-state index contributed by atoms with van der Waals surface area (Å²) < 4.78 is 12.8. The molecule has 2 nitrogen and oxygen atoms in total. The van der Waals surface area contributed by atoms with E-state index in [9.17, 15) is 9.18 Å². The van der Waals surface area contributed by atoms with Crippen LogP contribution in [0.1, 0.15) is 26.2 Å². The van der Waals surface area contributed by atoms with Gasteiger partial charge >= 0.3 is 5.97 Å². The van der Waals surface area contributed by atoms with Crippen molar-refractivity contribution < 1.29 is 14.3 Å². The SMILES string of the molecule is C=CC/C(=C\C(F)=C/C)CCC(=O)O. The third-order valence-electron chi connectivity index (χ3n) is 1.68. The summed E-state index contributed by atoms with van der Waals surface area (Å²) in [5, 5.41) is 8.46. The van der Waals surface area contributed by atoms with Crippen molar-refractivity contribution in [1.29, 1.82) is 0 Å². The molecule has 0 amide bonds. The van der Waals surface area contributed by atoms with Gasteiger partial charge in [0.1, 0.15) is 5.83 Å². The summed E-state index contributed by atoms with van der Waals surface area (Å²) >= 11 is 0. The van der Waals surface area contributed by atoms with E-state index >= 15 is 0 Å². The lowest BCUT2D eigenvalue weighted by Gasteiger charge is -2.01. The van der Waals surface area contributed by atoms with Crippen molar-refractivity contribution in [3.05, 3.63) is 36.2 Å². The van der Waals surface area contributed by atoms with Crippen LogP contribution in [0.15, 0.2) is 36.2 Å². The van der Waals surface area contributed by atoms with Gasteiger partial charge in [-0.1, -0.05) is 17.7 Å². The van der Waals surface area contributed by atoms with Crippen molar-refractivity contribution in [1.82, 2.24) is 0 Å². The molecule has 0 rings (SSSR count). The predicted octanol–water partition coefficient (Wildman–Crippen LogP) is 3.23. The standard InChI is InChI=1S/C11H15FO2/c1-3-5-9(6-7-11(13)14)8-10(12)4-2/h3-4,8H,1,5-7H2,2H3,(H,13,14)/b9-8+,10-4+. The van der Waals surface area contributed by atoms with Gasteiger partial charge in [0, 0.05) is 6.42 Å². The Balaban J connectivity index is 4.35. The van der Waals surface area contributed by atoms with E-state index in [2.05, 4.69) is 6.58 Å². The highest BCUT2D eigenvalue weighted by molar-refractivity contribution is 5.67. The molecule has 0 aromatic carbocycles. The van der Waals surface area contributed by atoms with Crippen LogP contribution in [0.25, 0.3) is 0 Å². The molecule has 0 radical (unpaired) electrons. The minimum Gasteiger partial charge on any atom is -0.481 e. The van der Waals surface area contributed by atoms with Crippen molar-refractivity contribution in [2.24, 2.45) is 0 Å². The van der Waals surface area contributed by atoms with Gasteiger partial charge < -0.3 is 5.11 Å². The molecule has 1 N–H and O–H groups in total. The number of hydrogen-bond acceptors (Lipinski definition) is 1. The van der Waals surface area contributed by atoms with E-state index in [1.54, 1.807) is 13.0 Å². The minimum absolute atomic E-state index is 0.0245. The molecule has 0 heterocycles. The molecule has 14 heavy (non-hydrogen) atoms. The lowest BCUT2D eigenvalue weighted by atomic mass is 10.1. The monoisotopic (exact) mass is 198 g/mol. The van der Waals surface area contributed by atoms with Crippen LogP contribution in [0.2, 0.25) is 0 Å². The third-order valence-corrected chi connectivity index (χ3v) is 1.68. The van der Waals surface area contributed by atoms with E-state index in [0.29, 0.717) is 12.8 Å². The summed E-state index contributed by atoms with van der Waals surface area (Å²) in [6.07, 6.45) is 5.25. The van der Waals surface area contributed by atoms with Gasteiger partial charge in [-0.05, 0) is 25.8 Å². The van der Waals surface area contributed by atoms with Gasteiger partial charge in [0.15, 0.2) is 0 Å². The Morgan fingerprint density at radius 1 is 1.50 bits per heavy atom. The average molecular weight is 198 g/mol. The Morgan fingerprint density at radius 3 is 2.57 bits per heavy atom. The Kier molecular flexibility index (Phi) is 6.37.